The SMILES string of the molecule is O=C=C1C(CCNCCO)N(COc2ccc(Cl)cc2)CCN1Cc1ccc(F)cc1. The van der Waals surface area contributed by atoms with E-state index in [2.05, 4.69) is 16.2 Å². The van der Waals surface area contributed by atoms with E-state index in [4.69, 9.17) is 21.4 Å². The van der Waals surface area contributed by atoms with Crippen molar-refractivity contribution in [2.75, 3.05) is 39.5 Å². The second-order valence-electron chi connectivity index (χ2n) is 7.35. The van der Waals surface area contributed by atoms with Gasteiger partial charge in [-0.3, -0.25) is 4.90 Å². The van der Waals surface area contributed by atoms with Crippen LogP contribution in [0.2, 0.25) is 5.02 Å². The van der Waals surface area contributed by atoms with Gasteiger partial charge in [-0.05, 0) is 54.9 Å². The summed E-state index contributed by atoms with van der Waals surface area (Å²) in [4.78, 5) is 16.1. The normalized spacial score (nSPS) is 16.9. The molecule has 0 aromatic heterocycles. The fraction of sp³-hybridized carbons (Fsp3) is 0.391. The van der Waals surface area contributed by atoms with E-state index in [1.165, 1.54) is 12.1 Å². The number of aliphatic hydroxyl groups excluding tert-OH is 1. The number of piperazine rings is 1. The van der Waals surface area contributed by atoms with E-state index in [0.29, 0.717) is 62.3 Å². The Bertz CT molecular complexity index is 873. The van der Waals surface area contributed by atoms with Gasteiger partial charge < -0.3 is 20.1 Å². The Balaban J connectivity index is 1.70. The maximum Gasteiger partial charge on any atom is 0.147 e. The summed E-state index contributed by atoms with van der Waals surface area (Å²) < 4.78 is 19.2. The minimum Gasteiger partial charge on any atom is -0.478 e. The minimum atomic E-state index is -0.285. The number of ether oxygens (including phenoxy) is 1. The first kappa shape index (κ1) is 23.3. The van der Waals surface area contributed by atoms with E-state index in [1.54, 1.807) is 36.4 Å². The van der Waals surface area contributed by atoms with E-state index in [9.17, 15) is 9.18 Å². The number of nitrogens with one attached hydrogen (secondary N) is 1. The molecule has 0 radical (unpaired) electrons. The molecule has 31 heavy (non-hydrogen) atoms. The number of halogens is 2. The molecule has 0 saturated carbocycles. The van der Waals surface area contributed by atoms with E-state index in [1.807, 2.05) is 4.90 Å². The molecule has 1 fully saturated rings. The van der Waals surface area contributed by atoms with Crippen molar-refractivity contribution in [1.29, 1.82) is 0 Å². The molecular weight excluding hydrogens is 421 g/mol. The molecule has 1 heterocycles. The number of aliphatic hydroxyl groups is 1. The van der Waals surface area contributed by atoms with Gasteiger partial charge in [0.15, 0.2) is 0 Å². The molecule has 0 bridgehead atoms. The average molecular weight is 448 g/mol. The van der Waals surface area contributed by atoms with Gasteiger partial charge in [-0.25, -0.2) is 9.18 Å². The minimum absolute atomic E-state index is 0.0567. The summed E-state index contributed by atoms with van der Waals surface area (Å²) in [6.45, 7) is 3.35. The molecule has 0 aliphatic carbocycles. The number of hydrogen-bond acceptors (Lipinski definition) is 6. The van der Waals surface area contributed by atoms with E-state index < -0.39 is 0 Å². The van der Waals surface area contributed by atoms with Crippen molar-refractivity contribution in [3.63, 3.8) is 0 Å². The summed E-state index contributed by atoms with van der Waals surface area (Å²) in [6.07, 6.45) is 0.661. The van der Waals surface area contributed by atoms with Gasteiger partial charge in [0.25, 0.3) is 0 Å². The van der Waals surface area contributed by atoms with E-state index >= 15 is 0 Å². The molecular formula is C23H27ClFN3O3. The third-order valence-electron chi connectivity index (χ3n) is 5.24. The van der Waals surface area contributed by atoms with Crippen molar-refractivity contribution in [3.8, 4) is 5.75 Å². The maximum atomic E-state index is 13.2. The highest BCUT2D eigenvalue weighted by Gasteiger charge is 2.32. The molecule has 3 rings (SSSR count). The van der Waals surface area contributed by atoms with Gasteiger partial charge in [-0.2, -0.15) is 0 Å². The van der Waals surface area contributed by atoms with Gasteiger partial charge in [0.2, 0.25) is 0 Å². The molecule has 1 saturated heterocycles. The number of rotatable bonds is 10. The molecule has 1 atom stereocenters. The van der Waals surface area contributed by atoms with Crippen LogP contribution in [0, 0.1) is 5.82 Å². The van der Waals surface area contributed by atoms with Gasteiger partial charge in [-0.1, -0.05) is 23.7 Å². The molecule has 2 N–H and O–H groups in total. The second-order valence-corrected chi connectivity index (χ2v) is 7.79. The summed E-state index contributed by atoms with van der Waals surface area (Å²) in [6, 6.07) is 13.3. The lowest BCUT2D eigenvalue weighted by Crippen LogP contribution is -2.53. The number of hydrogen-bond donors (Lipinski definition) is 2. The van der Waals surface area contributed by atoms with Gasteiger partial charge >= 0.3 is 0 Å². The van der Waals surface area contributed by atoms with Crippen LogP contribution in [0.5, 0.6) is 5.75 Å². The fourth-order valence-electron chi connectivity index (χ4n) is 3.62. The Hall–Kier alpha value is -2.41. The molecule has 1 aliphatic heterocycles. The van der Waals surface area contributed by atoms with E-state index in [0.717, 1.165) is 5.56 Å². The first-order chi connectivity index (χ1) is 15.1. The van der Waals surface area contributed by atoms with Gasteiger partial charge in [0.05, 0.1) is 12.6 Å². The largest absolute Gasteiger partial charge is 0.478 e. The van der Waals surface area contributed by atoms with Crippen LogP contribution in [0.1, 0.15) is 12.0 Å². The molecule has 2 aromatic carbocycles. The Morgan fingerprint density at radius 3 is 2.55 bits per heavy atom. The Kier molecular flexibility index (Phi) is 8.88. The van der Waals surface area contributed by atoms with Crippen molar-refractivity contribution in [3.05, 3.63) is 70.6 Å². The topological polar surface area (TPSA) is 65.0 Å². The number of benzene rings is 2. The maximum absolute atomic E-state index is 13.2. The lowest BCUT2D eigenvalue weighted by atomic mass is 10.0. The summed E-state index contributed by atoms with van der Waals surface area (Å²) in [5.74, 6) is 2.55. The molecule has 6 nitrogen and oxygen atoms in total. The molecule has 8 heteroatoms. The summed E-state index contributed by atoms with van der Waals surface area (Å²) in [5, 5.41) is 12.8. The monoisotopic (exact) mass is 447 g/mol. The zero-order valence-corrected chi connectivity index (χ0v) is 18.0. The fourth-order valence-corrected chi connectivity index (χ4v) is 3.75. The highest BCUT2D eigenvalue weighted by Crippen LogP contribution is 2.24. The van der Waals surface area contributed by atoms with E-state index in [-0.39, 0.29) is 18.5 Å². The lowest BCUT2D eigenvalue weighted by molar-refractivity contribution is 0.0444. The van der Waals surface area contributed by atoms with Crippen LogP contribution in [0.25, 0.3) is 0 Å². The predicted molar refractivity (Wildman–Crippen MR) is 118 cm³/mol. The quantitative estimate of drug-likeness (QED) is 0.431. The standard InChI is InChI=1S/C23H27ClFN3O3/c24-19-3-7-21(8-4-19)31-17-28-13-12-27(15-18-1-5-20(25)6-2-18)23(16-30)22(28)9-10-26-11-14-29/h1-8,22,26,29H,9-15,17H2. The Morgan fingerprint density at radius 1 is 1.13 bits per heavy atom. The van der Waals surface area contributed by atoms with Crippen LogP contribution in [-0.4, -0.2) is 66.4 Å². The summed E-state index contributed by atoms with van der Waals surface area (Å²) in [5.41, 5.74) is 1.48. The van der Waals surface area contributed by atoms with Gasteiger partial charge in [-0.15, -0.1) is 0 Å². The van der Waals surface area contributed by atoms with Crippen LogP contribution >= 0.6 is 11.6 Å². The number of nitrogens with zero attached hydrogens (tertiary/aromatic N) is 2. The highest BCUT2D eigenvalue weighted by molar-refractivity contribution is 6.30. The predicted octanol–water partition coefficient (Wildman–Crippen LogP) is 2.69. The lowest BCUT2D eigenvalue weighted by Gasteiger charge is -2.42. The first-order valence-electron chi connectivity index (χ1n) is 10.3. The van der Waals surface area contributed by atoms with Crippen molar-refractivity contribution in [1.82, 2.24) is 15.1 Å². The van der Waals surface area contributed by atoms with Crippen LogP contribution in [0.3, 0.4) is 0 Å². The van der Waals surface area contributed by atoms with Crippen molar-refractivity contribution >= 4 is 17.5 Å². The molecule has 1 aliphatic rings. The smallest absolute Gasteiger partial charge is 0.147 e. The molecule has 166 valence electrons. The molecule has 0 amide bonds. The molecule has 0 spiro atoms. The van der Waals surface area contributed by atoms with Gasteiger partial charge in [0, 0.05) is 31.2 Å². The zero-order valence-electron chi connectivity index (χ0n) is 17.3. The summed E-state index contributed by atoms with van der Waals surface area (Å²) >= 11 is 5.93. The van der Waals surface area contributed by atoms with Gasteiger partial charge in [0.1, 0.15) is 29.9 Å². The van der Waals surface area contributed by atoms with Crippen LogP contribution in [-0.2, 0) is 11.3 Å². The Morgan fingerprint density at radius 2 is 1.87 bits per heavy atom. The van der Waals surface area contributed by atoms with Crippen molar-refractivity contribution in [2.24, 2.45) is 0 Å². The molecule has 2 aromatic rings. The zero-order chi connectivity index (χ0) is 22.1. The summed E-state index contributed by atoms with van der Waals surface area (Å²) in [7, 11) is 0. The van der Waals surface area contributed by atoms with Crippen molar-refractivity contribution < 1.29 is 19.0 Å². The Labute approximate surface area is 186 Å². The van der Waals surface area contributed by atoms with Crippen LogP contribution < -0.4 is 10.1 Å². The molecule has 1 unspecified atom stereocenters. The van der Waals surface area contributed by atoms with Crippen molar-refractivity contribution in [2.45, 2.75) is 19.0 Å². The van der Waals surface area contributed by atoms with Crippen LogP contribution in [0.15, 0.2) is 54.2 Å². The average Bonchev–Trinajstić information content (AvgIpc) is 2.78. The highest BCUT2D eigenvalue weighted by atomic mass is 35.5. The third-order valence-corrected chi connectivity index (χ3v) is 5.49. The number of carbonyl (C=O) groups excluding carboxylic acids is 1. The first-order valence-corrected chi connectivity index (χ1v) is 10.7. The van der Waals surface area contributed by atoms with Crippen LogP contribution in [0.4, 0.5) is 4.39 Å². The second kappa shape index (κ2) is 11.8. The third kappa shape index (κ3) is 6.79.